The lowest BCUT2D eigenvalue weighted by molar-refractivity contribution is 0.0930. The van der Waals surface area contributed by atoms with Gasteiger partial charge in [0.25, 0.3) is 5.91 Å². The van der Waals surface area contributed by atoms with E-state index in [0.717, 1.165) is 0 Å². The molecule has 1 fully saturated rings. The molecule has 1 heterocycles. The largest absolute Gasteiger partial charge is 0.491 e. The average molecular weight is 312 g/mol. The maximum atomic E-state index is 12.3. The third-order valence-electron chi connectivity index (χ3n) is 3.47. The number of rotatable bonds is 4. The van der Waals surface area contributed by atoms with Crippen LogP contribution in [0.4, 0.5) is 5.69 Å². The van der Waals surface area contributed by atoms with Crippen molar-refractivity contribution in [3.63, 3.8) is 0 Å². The molecule has 1 saturated heterocycles. The van der Waals surface area contributed by atoms with Crippen LogP contribution in [0.15, 0.2) is 18.2 Å². The van der Waals surface area contributed by atoms with Crippen LogP contribution in [0.5, 0.6) is 5.75 Å². The minimum Gasteiger partial charge on any atom is -0.491 e. The van der Waals surface area contributed by atoms with E-state index in [1.54, 1.807) is 18.2 Å². The van der Waals surface area contributed by atoms with E-state index in [9.17, 15) is 13.2 Å². The lowest BCUT2D eigenvalue weighted by Crippen LogP contribution is -2.41. The van der Waals surface area contributed by atoms with Crippen LogP contribution in [-0.4, -0.2) is 38.5 Å². The van der Waals surface area contributed by atoms with Gasteiger partial charge >= 0.3 is 0 Å². The molecule has 0 bridgehead atoms. The molecule has 1 amide bonds. The zero-order valence-electron chi connectivity index (χ0n) is 12.0. The number of nitrogens with two attached hydrogens (primary N) is 1. The maximum absolute atomic E-state index is 12.3. The van der Waals surface area contributed by atoms with Crippen molar-refractivity contribution in [2.24, 2.45) is 0 Å². The Bertz CT molecular complexity index is 614. The highest BCUT2D eigenvalue weighted by atomic mass is 32.2. The summed E-state index contributed by atoms with van der Waals surface area (Å²) >= 11 is 0. The monoisotopic (exact) mass is 312 g/mol. The maximum Gasteiger partial charge on any atom is 0.255 e. The number of ether oxygens (including phenoxy) is 1. The number of hydrogen-bond donors (Lipinski definition) is 2. The molecule has 1 aromatic rings. The van der Waals surface area contributed by atoms with Gasteiger partial charge in [0.05, 0.1) is 29.4 Å². The van der Waals surface area contributed by atoms with Gasteiger partial charge in [0, 0.05) is 6.04 Å². The fourth-order valence-electron chi connectivity index (χ4n) is 2.34. The van der Waals surface area contributed by atoms with Gasteiger partial charge < -0.3 is 15.8 Å². The Morgan fingerprint density at radius 3 is 2.67 bits per heavy atom. The second-order valence-corrected chi connectivity index (χ2v) is 7.36. The average Bonchev–Trinajstić information content (AvgIpc) is 2.43. The van der Waals surface area contributed by atoms with Crippen LogP contribution in [-0.2, 0) is 9.84 Å². The van der Waals surface area contributed by atoms with E-state index < -0.39 is 9.84 Å². The number of carbonyl (C=O) groups is 1. The number of nitrogens with one attached hydrogen (secondary N) is 1. The van der Waals surface area contributed by atoms with Crippen LogP contribution in [0.2, 0.25) is 0 Å². The minimum atomic E-state index is -2.94. The number of hydrogen-bond acceptors (Lipinski definition) is 5. The lowest BCUT2D eigenvalue weighted by atomic mass is 10.1. The van der Waals surface area contributed by atoms with Crippen LogP contribution in [0.1, 0.15) is 30.1 Å². The van der Waals surface area contributed by atoms with Crippen molar-refractivity contribution in [1.82, 2.24) is 5.32 Å². The number of sulfone groups is 1. The molecule has 0 aromatic heterocycles. The van der Waals surface area contributed by atoms with Gasteiger partial charge in [0.15, 0.2) is 5.75 Å². The topological polar surface area (TPSA) is 98.5 Å². The number of anilines is 1. The number of para-hydroxylation sites is 1. The van der Waals surface area contributed by atoms with Crippen molar-refractivity contribution in [1.29, 1.82) is 0 Å². The Morgan fingerprint density at radius 2 is 2.05 bits per heavy atom. The molecule has 0 spiro atoms. The first kappa shape index (κ1) is 15.6. The zero-order chi connectivity index (χ0) is 15.5. The Kier molecular flexibility index (Phi) is 4.72. The van der Waals surface area contributed by atoms with Gasteiger partial charge in [-0.2, -0.15) is 0 Å². The molecule has 1 aliphatic rings. The molecule has 2 rings (SSSR count). The fraction of sp³-hybridized carbons (Fsp3) is 0.500. The lowest BCUT2D eigenvalue weighted by Gasteiger charge is -2.23. The highest BCUT2D eigenvalue weighted by Gasteiger charge is 2.26. The molecule has 7 heteroatoms. The summed E-state index contributed by atoms with van der Waals surface area (Å²) in [7, 11) is -2.94. The standard InChI is InChI=1S/C14H20N2O4S/c1-2-20-13-11(4-3-5-12(13)15)14(17)16-10-6-8-21(18,19)9-7-10/h3-5,10H,2,6-9,15H2,1H3,(H,16,17). The molecule has 1 aromatic carbocycles. The van der Waals surface area contributed by atoms with Crippen molar-refractivity contribution < 1.29 is 17.9 Å². The Hall–Kier alpha value is -1.76. The molecule has 21 heavy (non-hydrogen) atoms. The summed E-state index contributed by atoms with van der Waals surface area (Å²) in [6.07, 6.45) is 0.890. The predicted molar refractivity (Wildman–Crippen MR) is 81.2 cm³/mol. The van der Waals surface area contributed by atoms with Crippen LogP contribution in [0, 0.1) is 0 Å². The van der Waals surface area contributed by atoms with E-state index in [4.69, 9.17) is 10.5 Å². The Labute approximate surface area is 124 Å². The van der Waals surface area contributed by atoms with E-state index in [1.165, 1.54) is 0 Å². The predicted octanol–water partition coefficient (Wildman–Crippen LogP) is 0.975. The van der Waals surface area contributed by atoms with Crippen LogP contribution in [0.3, 0.4) is 0 Å². The molecule has 3 N–H and O–H groups in total. The summed E-state index contributed by atoms with van der Waals surface area (Å²) in [6.45, 7) is 2.23. The molecule has 116 valence electrons. The van der Waals surface area contributed by atoms with Crippen molar-refractivity contribution >= 4 is 21.4 Å². The Balaban J connectivity index is 2.09. The van der Waals surface area contributed by atoms with Gasteiger partial charge in [0.2, 0.25) is 0 Å². The smallest absolute Gasteiger partial charge is 0.255 e. The van der Waals surface area contributed by atoms with E-state index >= 15 is 0 Å². The van der Waals surface area contributed by atoms with Gasteiger partial charge in [-0.3, -0.25) is 4.79 Å². The van der Waals surface area contributed by atoms with Crippen LogP contribution >= 0.6 is 0 Å². The summed E-state index contributed by atoms with van der Waals surface area (Å²) in [6, 6.07) is 4.89. The molecule has 0 atom stereocenters. The SMILES string of the molecule is CCOc1c(N)cccc1C(=O)NC1CCS(=O)(=O)CC1. The summed E-state index contributed by atoms with van der Waals surface area (Å²) in [5.41, 5.74) is 6.62. The third kappa shape index (κ3) is 3.87. The second-order valence-electron chi connectivity index (χ2n) is 5.06. The highest BCUT2D eigenvalue weighted by Crippen LogP contribution is 2.26. The van der Waals surface area contributed by atoms with Crippen molar-refractivity contribution in [3.8, 4) is 5.75 Å². The van der Waals surface area contributed by atoms with Gasteiger partial charge in [-0.05, 0) is 31.9 Å². The molecule has 0 radical (unpaired) electrons. The second kappa shape index (κ2) is 6.34. The number of carbonyl (C=O) groups excluding carboxylic acids is 1. The number of benzene rings is 1. The molecule has 6 nitrogen and oxygen atoms in total. The highest BCUT2D eigenvalue weighted by molar-refractivity contribution is 7.91. The van der Waals surface area contributed by atoms with Crippen molar-refractivity contribution in [2.45, 2.75) is 25.8 Å². The Morgan fingerprint density at radius 1 is 1.38 bits per heavy atom. The van der Waals surface area contributed by atoms with Gasteiger partial charge in [-0.25, -0.2) is 8.42 Å². The van der Waals surface area contributed by atoms with Gasteiger partial charge in [-0.15, -0.1) is 0 Å². The molecule has 0 unspecified atom stereocenters. The van der Waals surface area contributed by atoms with Crippen molar-refractivity contribution in [3.05, 3.63) is 23.8 Å². The molecular weight excluding hydrogens is 292 g/mol. The molecule has 1 aliphatic heterocycles. The summed E-state index contributed by atoms with van der Waals surface area (Å²) in [4.78, 5) is 12.3. The summed E-state index contributed by atoms with van der Waals surface area (Å²) < 4.78 is 28.2. The first-order valence-electron chi connectivity index (χ1n) is 6.95. The van der Waals surface area contributed by atoms with Gasteiger partial charge in [0.1, 0.15) is 9.84 Å². The fourth-order valence-corrected chi connectivity index (χ4v) is 3.83. The summed E-state index contributed by atoms with van der Waals surface area (Å²) in [5.74, 6) is 0.330. The molecule has 0 aliphatic carbocycles. The normalized spacial score (nSPS) is 18.1. The van der Waals surface area contributed by atoms with Crippen molar-refractivity contribution in [2.75, 3.05) is 23.8 Å². The van der Waals surface area contributed by atoms with Crippen LogP contribution < -0.4 is 15.8 Å². The quantitative estimate of drug-likeness (QED) is 0.807. The molecule has 0 saturated carbocycles. The van der Waals surface area contributed by atoms with E-state index in [1.807, 2.05) is 6.92 Å². The van der Waals surface area contributed by atoms with E-state index in [2.05, 4.69) is 5.32 Å². The van der Waals surface area contributed by atoms with E-state index in [0.29, 0.717) is 36.4 Å². The molecular formula is C14H20N2O4S. The summed E-state index contributed by atoms with van der Waals surface area (Å²) in [5, 5.41) is 2.86. The number of amides is 1. The van der Waals surface area contributed by atoms with E-state index in [-0.39, 0.29) is 23.5 Å². The van der Waals surface area contributed by atoms with Gasteiger partial charge in [-0.1, -0.05) is 6.07 Å². The first-order chi connectivity index (χ1) is 9.93. The number of nitrogen functional groups attached to an aromatic ring is 1. The first-order valence-corrected chi connectivity index (χ1v) is 8.77. The third-order valence-corrected chi connectivity index (χ3v) is 5.18. The van der Waals surface area contributed by atoms with Crippen LogP contribution in [0.25, 0.3) is 0 Å². The zero-order valence-corrected chi connectivity index (χ0v) is 12.8. The minimum absolute atomic E-state index is 0.118.